The molecule has 134 valence electrons. The monoisotopic (exact) mass is 343 g/mol. The van der Waals surface area contributed by atoms with Crippen LogP contribution in [0.5, 0.6) is 0 Å². The van der Waals surface area contributed by atoms with Crippen LogP contribution in [0.3, 0.4) is 0 Å². The van der Waals surface area contributed by atoms with E-state index in [2.05, 4.69) is 17.2 Å². The number of benzene rings is 1. The first-order valence-corrected chi connectivity index (χ1v) is 8.99. The van der Waals surface area contributed by atoms with E-state index in [9.17, 15) is 9.59 Å². The molecule has 25 heavy (non-hydrogen) atoms. The van der Waals surface area contributed by atoms with E-state index < -0.39 is 5.54 Å². The molecule has 0 atom stereocenters. The number of nitrogens with one attached hydrogen (secondary N) is 1. The summed E-state index contributed by atoms with van der Waals surface area (Å²) in [6.07, 6.45) is 3.68. The maximum Gasteiger partial charge on any atom is 0.410 e. The van der Waals surface area contributed by atoms with Crippen LogP contribution in [0.2, 0.25) is 0 Å². The Kier molecular flexibility index (Phi) is 5.36. The van der Waals surface area contributed by atoms with Crippen molar-refractivity contribution in [3.63, 3.8) is 0 Å². The number of likely N-dealkylation sites (tertiary alicyclic amines) is 1. The first-order chi connectivity index (χ1) is 12.1. The van der Waals surface area contributed by atoms with Gasteiger partial charge in [0.25, 0.3) is 5.91 Å². The van der Waals surface area contributed by atoms with Crippen molar-refractivity contribution in [2.75, 3.05) is 13.1 Å². The zero-order valence-corrected chi connectivity index (χ0v) is 14.7. The third kappa shape index (κ3) is 4.00. The second-order valence-corrected chi connectivity index (χ2v) is 6.67. The molecule has 0 saturated carbocycles. The lowest BCUT2D eigenvalue weighted by Gasteiger charge is -2.34. The molecular formula is C19H25N3O3. The van der Waals surface area contributed by atoms with E-state index in [1.165, 1.54) is 0 Å². The molecule has 2 amide bonds. The lowest BCUT2D eigenvalue weighted by molar-refractivity contribution is -0.125. The number of hydrogen-bond acceptors (Lipinski definition) is 4. The molecule has 0 bridgehead atoms. The van der Waals surface area contributed by atoms with Gasteiger partial charge in [-0.15, -0.1) is 0 Å². The van der Waals surface area contributed by atoms with Gasteiger partial charge in [0.15, 0.2) is 0 Å². The minimum atomic E-state index is -0.681. The number of hydrogen-bond donors (Lipinski definition) is 1. The van der Waals surface area contributed by atoms with Gasteiger partial charge in [0.2, 0.25) is 0 Å². The molecule has 6 nitrogen and oxygen atoms in total. The van der Waals surface area contributed by atoms with Crippen LogP contribution in [0, 0.1) is 0 Å². The Morgan fingerprint density at radius 3 is 2.68 bits per heavy atom. The van der Waals surface area contributed by atoms with Crippen molar-refractivity contribution in [2.24, 2.45) is 4.99 Å². The third-order valence-electron chi connectivity index (χ3n) is 4.85. The van der Waals surface area contributed by atoms with Crippen molar-refractivity contribution in [1.29, 1.82) is 0 Å². The highest BCUT2D eigenvalue weighted by atomic mass is 16.6. The zero-order valence-electron chi connectivity index (χ0n) is 14.7. The van der Waals surface area contributed by atoms with Gasteiger partial charge in [0, 0.05) is 19.5 Å². The van der Waals surface area contributed by atoms with Crippen molar-refractivity contribution in [3.8, 4) is 0 Å². The molecule has 0 aliphatic carbocycles. The van der Waals surface area contributed by atoms with Crippen molar-refractivity contribution >= 4 is 17.8 Å². The summed E-state index contributed by atoms with van der Waals surface area (Å²) in [4.78, 5) is 30.9. The maximum absolute atomic E-state index is 12.4. The molecular weight excluding hydrogens is 318 g/mol. The number of nitrogens with zero attached hydrogens (tertiary/aromatic N) is 2. The summed E-state index contributed by atoms with van der Waals surface area (Å²) in [5, 5.41) is 2.92. The molecule has 1 N–H and O–H groups in total. The smallest absolute Gasteiger partial charge is 0.410 e. The fourth-order valence-electron chi connectivity index (χ4n) is 3.26. The summed E-state index contributed by atoms with van der Waals surface area (Å²) in [6.45, 7) is 3.37. The number of ether oxygens (including phenoxy) is 1. The average Bonchev–Trinajstić information content (AvgIpc) is 2.94. The highest BCUT2D eigenvalue weighted by Crippen LogP contribution is 2.31. The second-order valence-electron chi connectivity index (χ2n) is 6.67. The van der Waals surface area contributed by atoms with Crippen LogP contribution in [0.1, 0.15) is 44.6 Å². The van der Waals surface area contributed by atoms with Gasteiger partial charge in [0.05, 0.1) is 0 Å². The van der Waals surface area contributed by atoms with E-state index in [4.69, 9.17) is 4.74 Å². The fourth-order valence-corrected chi connectivity index (χ4v) is 3.26. The second kappa shape index (κ2) is 7.68. The molecule has 3 rings (SSSR count). The Labute approximate surface area is 148 Å². The Balaban J connectivity index is 1.52. The van der Waals surface area contributed by atoms with Crippen LogP contribution in [-0.2, 0) is 16.1 Å². The van der Waals surface area contributed by atoms with Crippen LogP contribution < -0.4 is 5.32 Å². The van der Waals surface area contributed by atoms with Gasteiger partial charge in [-0.2, -0.15) is 0 Å². The van der Waals surface area contributed by atoms with Gasteiger partial charge in [-0.1, -0.05) is 43.7 Å². The molecule has 1 aromatic carbocycles. The number of rotatable bonds is 5. The minimum absolute atomic E-state index is 0.0177. The Morgan fingerprint density at radius 1 is 1.28 bits per heavy atom. The molecule has 0 aromatic heterocycles. The van der Waals surface area contributed by atoms with Crippen LogP contribution in [-0.4, -0.2) is 41.4 Å². The summed E-state index contributed by atoms with van der Waals surface area (Å²) < 4.78 is 5.37. The lowest BCUT2D eigenvalue weighted by atomic mass is 9.88. The lowest BCUT2D eigenvalue weighted by Crippen LogP contribution is -2.50. The Morgan fingerprint density at radius 2 is 2.00 bits per heavy atom. The van der Waals surface area contributed by atoms with Crippen LogP contribution in [0.4, 0.5) is 4.79 Å². The summed E-state index contributed by atoms with van der Waals surface area (Å²) in [7, 11) is 0. The van der Waals surface area contributed by atoms with E-state index >= 15 is 0 Å². The predicted molar refractivity (Wildman–Crippen MR) is 95.3 cm³/mol. The Hall–Kier alpha value is -2.37. The highest BCUT2D eigenvalue weighted by molar-refractivity contribution is 6.08. The molecule has 1 fully saturated rings. The minimum Gasteiger partial charge on any atom is -0.445 e. The van der Waals surface area contributed by atoms with E-state index in [0.717, 1.165) is 30.7 Å². The number of amidine groups is 1. The SMILES string of the molecule is CCCCC1=NC2(CCN(C(=O)OCc3ccccc3)CC2)C(=O)N1. The number of aliphatic imine (C=N–C) groups is 1. The predicted octanol–water partition coefficient (Wildman–Crippen LogP) is 2.88. The van der Waals surface area contributed by atoms with E-state index in [1.807, 2.05) is 30.3 Å². The first-order valence-electron chi connectivity index (χ1n) is 8.99. The largest absolute Gasteiger partial charge is 0.445 e. The van der Waals surface area contributed by atoms with Gasteiger partial charge < -0.3 is 15.0 Å². The zero-order chi connectivity index (χ0) is 17.7. The van der Waals surface area contributed by atoms with Gasteiger partial charge in [0.1, 0.15) is 18.0 Å². The van der Waals surface area contributed by atoms with Crippen molar-refractivity contribution in [3.05, 3.63) is 35.9 Å². The molecule has 0 radical (unpaired) electrons. The summed E-state index contributed by atoms with van der Waals surface area (Å²) in [5.74, 6) is 0.780. The molecule has 2 aliphatic rings. The molecule has 6 heteroatoms. The van der Waals surface area contributed by atoms with Crippen molar-refractivity contribution < 1.29 is 14.3 Å². The first kappa shape index (κ1) is 17.5. The van der Waals surface area contributed by atoms with Crippen molar-refractivity contribution in [1.82, 2.24) is 10.2 Å². The van der Waals surface area contributed by atoms with Crippen LogP contribution in [0.15, 0.2) is 35.3 Å². The number of unbranched alkanes of at least 4 members (excludes halogenated alkanes) is 1. The average molecular weight is 343 g/mol. The summed E-state index contributed by atoms with van der Waals surface area (Å²) in [6, 6.07) is 9.61. The standard InChI is InChI=1S/C19H25N3O3/c1-2-3-9-16-20-17(23)19(21-16)10-12-22(13-11-19)18(24)25-14-15-7-5-4-6-8-15/h4-8H,2-3,9-14H2,1H3,(H,20,21,23). The molecule has 1 spiro atoms. The van der Waals surface area contributed by atoms with Crippen molar-refractivity contribution in [2.45, 2.75) is 51.2 Å². The Bertz CT molecular complexity index is 649. The third-order valence-corrected chi connectivity index (χ3v) is 4.85. The van der Waals surface area contributed by atoms with E-state index in [0.29, 0.717) is 25.9 Å². The summed E-state index contributed by atoms with van der Waals surface area (Å²) in [5.41, 5.74) is 0.281. The topological polar surface area (TPSA) is 71.0 Å². The number of carbonyl (C=O) groups excluding carboxylic acids is 2. The van der Waals surface area contributed by atoms with Gasteiger partial charge in [-0.25, -0.2) is 4.79 Å². The van der Waals surface area contributed by atoms with E-state index in [-0.39, 0.29) is 18.6 Å². The van der Waals surface area contributed by atoms with E-state index in [1.54, 1.807) is 4.90 Å². The summed E-state index contributed by atoms with van der Waals surface area (Å²) >= 11 is 0. The van der Waals surface area contributed by atoms with Gasteiger partial charge in [-0.3, -0.25) is 9.79 Å². The van der Waals surface area contributed by atoms with Gasteiger partial charge in [-0.05, 0) is 24.8 Å². The molecule has 2 aliphatic heterocycles. The number of amides is 2. The quantitative estimate of drug-likeness (QED) is 0.893. The van der Waals surface area contributed by atoms with Gasteiger partial charge >= 0.3 is 6.09 Å². The molecule has 0 unspecified atom stereocenters. The normalized spacial score (nSPS) is 18.8. The molecule has 2 heterocycles. The van der Waals surface area contributed by atoms with Crippen LogP contribution >= 0.6 is 0 Å². The molecule has 1 aromatic rings. The fraction of sp³-hybridized carbons (Fsp3) is 0.526. The highest BCUT2D eigenvalue weighted by Gasteiger charge is 2.46. The number of carbonyl (C=O) groups is 2. The number of piperidine rings is 1. The maximum atomic E-state index is 12.4. The molecule has 1 saturated heterocycles. The van der Waals surface area contributed by atoms with Crippen LogP contribution in [0.25, 0.3) is 0 Å².